The number of hydrogen-bond acceptors (Lipinski definition) is 4. The molecule has 0 aliphatic carbocycles. The van der Waals surface area contributed by atoms with Gasteiger partial charge in [0.2, 0.25) is 5.91 Å². The molecule has 3 aromatic rings. The van der Waals surface area contributed by atoms with Gasteiger partial charge in [-0.15, -0.1) is 0 Å². The molecule has 0 radical (unpaired) electrons. The van der Waals surface area contributed by atoms with E-state index in [-0.39, 0.29) is 5.91 Å². The molecule has 30 heavy (non-hydrogen) atoms. The van der Waals surface area contributed by atoms with Crippen molar-refractivity contribution in [1.82, 2.24) is 0 Å². The molecule has 0 saturated carbocycles. The van der Waals surface area contributed by atoms with Crippen LogP contribution in [0.25, 0.3) is 0 Å². The van der Waals surface area contributed by atoms with Crippen molar-refractivity contribution >= 4 is 34.8 Å². The Morgan fingerprint density at radius 1 is 0.800 bits per heavy atom. The van der Waals surface area contributed by atoms with Crippen LogP contribution in [0.2, 0.25) is 5.02 Å². The Morgan fingerprint density at radius 3 is 2.13 bits per heavy atom. The first kappa shape index (κ1) is 18.8. The molecule has 3 aromatic carbocycles. The molecule has 2 aliphatic rings. The zero-order valence-corrected chi connectivity index (χ0v) is 16.4. The molecular formula is C23H16ClFN2O3. The van der Waals surface area contributed by atoms with Gasteiger partial charge in [-0.3, -0.25) is 14.4 Å². The zero-order chi connectivity index (χ0) is 20.8. The number of anilines is 2. The highest BCUT2D eigenvalue weighted by molar-refractivity contribution is 6.30. The van der Waals surface area contributed by atoms with E-state index in [4.69, 9.17) is 16.4 Å². The average molecular weight is 423 g/mol. The highest BCUT2D eigenvalue weighted by Crippen LogP contribution is 2.47. The lowest BCUT2D eigenvalue weighted by Crippen LogP contribution is -2.37. The molecule has 2 aliphatic heterocycles. The predicted octanol–water partition coefficient (Wildman–Crippen LogP) is 4.53. The third-order valence-corrected chi connectivity index (χ3v) is 5.67. The number of imide groups is 1. The summed E-state index contributed by atoms with van der Waals surface area (Å²) in [5, 5.41) is 2.19. The third-order valence-electron chi connectivity index (χ3n) is 5.42. The van der Waals surface area contributed by atoms with Crippen LogP contribution in [-0.4, -0.2) is 17.9 Å². The van der Waals surface area contributed by atoms with Crippen molar-refractivity contribution in [1.29, 1.82) is 0 Å². The quantitative estimate of drug-likeness (QED) is 0.582. The fourth-order valence-corrected chi connectivity index (χ4v) is 4.18. The summed E-state index contributed by atoms with van der Waals surface area (Å²) in [6.45, 7) is 0. The number of rotatable bonds is 3. The second kappa shape index (κ2) is 7.23. The van der Waals surface area contributed by atoms with Crippen molar-refractivity contribution in [2.24, 2.45) is 5.92 Å². The van der Waals surface area contributed by atoms with Gasteiger partial charge < -0.3 is 0 Å². The monoisotopic (exact) mass is 422 g/mol. The minimum absolute atomic E-state index is 0.325. The summed E-state index contributed by atoms with van der Waals surface area (Å²) in [4.78, 5) is 33.6. The van der Waals surface area contributed by atoms with Crippen LogP contribution >= 0.6 is 11.6 Å². The lowest BCUT2D eigenvalue weighted by molar-refractivity contribution is -0.126. The van der Waals surface area contributed by atoms with Crippen LogP contribution in [0.5, 0.6) is 0 Å². The number of halogens is 2. The van der Waals surface area contributed by atoms with Gasteiger partial charge in [-0.2, -0.15) is 0 Å². The fourth-order valence-electron chi connectivity index (χ4n) is 4.06. The molecule has 0 spiro atoms. The Hall–Kier alpha value is -3.22. The molecule has 7 heteroatoms. The van der Waals surface area contributed by atoms with Crippen LogP contribution in [-0.2, 0) is 14.4 Å². The molecule has 150 valence electrons. The van der Waals surface area contributed by atoms with Crippen molar-refractivity contribution in [2.75, 3.05) is 9.96 Å². The molecule has 5 rings (SSSR count). The lowest BCUT2D eigenvalue weighted by atomic mass is 9.90. The van der Waals surface area contributed by atoms with Gasteiger partial charge >= 0.3 is 0 Å². The van der Waals surface area contributed by atoms with Crippen LogP contribution in [0.3, 0.4) is 0 Å². The first-order chi connectivity index (χ1) is 14.5. The number of carbonyl (C=O) groups is 2. The van der Waals surface area contributed by atoms with E-state index < -0.39 is 29.8 Å². The molecule has 2 amide bonds. The number of hydroxylamine groups is 1. The Labute approximate surface area is 177 Å². The van der Waals surface area contributed by atoms with E-state index in [1.54, 1.807) is 17.2 Å². The van der Waals surface area contributed by atoms with E-state index in [2.05, 4.69) is 0 Å². The van der Waals surface area contributed by atoms with Gasteiger partial charge in [-0.25, -0.2) is 14.4 Å². The maximum atomic E-state index is 13.4. The first-order valence-corrected chi connectivity index (χ1v) is 9.82. The van der Waals surface area contributed by atoms with Gasteiger partial charge in [-0.1, -0.05) is 41.9 Å². The molecule has 2 heterocycles. The lowest BCUT2D eigenvalue weighted by Gasteiger charge is -2.28. The normalized spacial score (nSPS) is 23.2. The number of nitrogens with zero attached hydrogens (tertiary/aromatic N) is 2. The molecule has 0 aromatic heterocycles. The third kappa shape index (κ3) is 2.96. The van der Waals surface area contributed by atoms with E-state index in [1.807, 2.05) is 42.5 Å². The summed E-state index contributed by atoms with van der Waals surface area (Å²) in [5.74, 6) is -2.03. The number of para-hydroxylation sites is 1. The molecule has 2 fully saturated rings. The zero-order valence-electron chi connectivity index (χ0n) is 15.6. The minimum Gasteiger partial charge on any atom is -0.273 e. The van der Waals surface area contributed by atoms with Crippen molar-refractivity contribution in [2.45, 2.75) is 12.1 Å². The van der Waals surface area contributed by atoms with Gasteiger partial charge in [0.15, 0.2) is 6.10 Å². The molecule has 3 atom stereocenters. The van der Waals surface area contributed by atoms with Crippen molar-refractivity contribution in [3.8, 4) is 0 Å². The molecule has 0 bridgehead atoms. The van der Waals surface area contributed by atoms with Crippen molar-refractivity contribution in [3.05, 3.63) is 95.3 Å². The Kier molecular flexibility index (Phi) is 4.53. The Bertz CT molecular complexity index is 1110. The van der Waals surface area contributed by atoms with E-state index in [1.165, 1.54) is 24.3 Å². The predicted molar refractivity (Wildman–Crippen MR) is 110 cm³/mol. The number of amides is 2. The van der Waals surface area contributed by atoms with E-state index in [0.29, 0.717) is 10.7 Å². The molecule has 5 nitrogen and oxygen atoms in total. The minimum atomic E-state index is -0.969. The number of hydrogen-bond donors (Lipinski definition) is 0. The average Bonchev–Trinajstić information content (AvgIpc) is 3.27. The molecule has 0 N–H and O–H groups in total. The van der Waals surface area contributed by atoms with Crippen LogP contribution < -0.4 is 9.96 Å². The highest BCUT2D eigenvalue weighted by atomic mass is 35.5. The first-order valence-electron chi connectivity index (χ1n) is 9.44. The summed E-state index contributed by atoms with van der Waals surface area (Å²) in [7, 11) is 0. The topological polar surface area (TPSA) is 49.9 Å². The number of fused-ring (bicyclic) bond motifs is 1. The van der Waals surface area contributed by atoms with Gasteiger partial charge in [0.25, 0.3) is 5.91 Å². The fraction of sp³-hybridized carbons (Fsp3) is 0.130. The second-order valence-corrected chi connectivity index (χ2v) is 7.63. The van der Waals surface area contributed by atoms with Crippen LogP contribution in [0.15, 0.2) is 78.9 Å². The van der Waals surface area contributed by atoms with E-state index >= 15 is 0 Å². The van der Waals surface area contributed by atoms with Gasteiger partial charge in [0.1, 0.15) is 11.7 Å². The van der Waals surface area contributed by atoms with Gasteiger partial charge in [0.05, 0.1) is 17.4 Å². The molecule has 2 saturated heterocycles. The van der Waals surface area contributed by atoms with Crippen molar-refractivity contribution in [3.63, 3.8) is 0 Å². The summed E-state index contributed by atoms with van der Waals surface area (Å²) in [6.07, 6.45) is -0.969. The van der Waals surface area contributed by atoms with E-state index in [0.717, 1.165) is 16.2 Å². The maximum absolute atomic E-state index is 13.4. The standard InChI is InChI=1S/C23H16ClFN2O3/c24-15-8-6-14(7-9-15)20-19-21(30-27(20)18-4-2-1-3-5-18)23(29)26(22(19)28)17-12-10-16(25)11-13-17/h1-13,19-21H/t19-,20-,21-/m0/s1. The smallest absolute Gasteiger partial charge is 0.266 e. The highest BCUT2D eigenvalue weighted by Gasteiger charge is 2.60. The second-order valence-electron chi connectivity index (χ2n) is 7.20. The molecule has 0 unspecified atom stereocenters. The Morgan fingerprint density at radius 2 is 1.47 bits per heavy atom. The summed E-state index contributed by atoms with van der Waals surface area (Å²) < 4.78 is 13.3. The van der Waals surface area contributed by atoms with Gasteiger partial charge in [-0.05, 0) is 54.1 Å². The van der Waals surface area contributed by atoms with Crippen molar-refractivity contribution < 1.29 is 18.8 Å². The molecular weight excluding hydrogens is 407 g/mol. The van der Waals surface area contributed by atoms with Crippen LogP contribution in [0.4, 0.5) is 15.8 Å². The van der Waals surface area contributed by atoms with Crippen LogP contribution in [0, 0.1) is 11.7 Å². The maximum Gasteiger partial charge on any atom is 0.266 e. The number of benzene rings is 3. The number of carbonyl (C=O) groups excluding carboxylic acids is 2. The van der Waals surface area contributed by atoms with Crippen LogP contribution in [0.1, 0.15) is 11.6 Å². The Balaban J connectivity index is 1.58. The summed E-state index contributed by atoms with van der Waals surface area (Å²) in [5.41, 5.74) is 1.86. The summed E-state index contributed by atoms with van der Waals surface area (Å²) in [6, 6.07) is 21.2. The van der Waals surface area contributed by atoms with E-state index in [9.17, 15) is 14.0 Å². The summed E-state index contributed by atoms with van der Waals surface area (Å²) >= 11 is 6.05. The van der Waals surface area contributed by atoms with Gasteiger partial charge in [0, 0.05) is 5.02 Å². The largest absolute Gasteiger partial charge is 0.273 e. The SMILES string of the molecule is O=C1[C@@H]2[C@H](ON(c3ccccc3)[C@H]2c2ccc(Cl)cc2)C(=O)N1c1ccc(F)cc1.